The van der Waals surface area contributed by atoms with E-state index in [2.05, 4.69) is 64.7 Å². The third-order valence-electron chi connectivity index (χ3n) is 3.63. The highest BCUT2D eigenvalue weighted by Gasteiger charge is 2.08. The van der Waals surface area contributed by atoms with Crippen LogP contribution in [0.2, 0.25) is 0 Å². The zero-order valence-electron chi connectivity index (χ0n) is 15.3. The second-order valence-corrected chi connectivity index (χ2v) is 6.39. The number of aromatic nitrogens is 1. The molecule has 0 unspecified atom stereocenters. The van der Waals surface area contributed by atoms with Gasteiger partial charge in [-0.25, -0.2) is 4.99 Å². The number of hydrogen-bond donors (Lipinski definition) is 1. The van der Waals surface area contributed by atoms with Gasteiger partial charge in [-0.1, -0.05) is 24.2 Å². The van der Waals surface area contributed by atoms with Gasteiger partial charge in [0.05, 0.1) is 5.69 Å². The van der Waals surface area contributed by atoms with Crippen LogP contribution in [0.25, 0.3) is 0 Å². The summed E-state index contributed by atoms with van der Waals surface area (Å²) in [7, 11) is 2.04. The summed E-state index contributed by atoms with van der Waals surface area (Å²) in [5.41, 5.74) is 2.22. The number of nitrogens with zero attached hydrogens (tertiary/aromatic N) is 3. The van der Waals surface area contributed by atoms with Crippen molar-refractivity contribution in [1.29, 1.82) is 0 Å². The van der Waals surface area contributed by atoms with Crippen LogP contribution in [0.5, 0.6) is 0 Å². The van der Waals surface area contributed by atoms with Crippen LogP contribution in [0.15, 0.2) is 44.7 Å². The minimum Gasteiger partial charge on any atom is -0.359 e. The highest BCUT2D eigenvalue weighted by atomic mass is 127. The van der Waals surface area contributed by atoms with Gasteiger partial charge in [0, 0.05) is 31.1 Å². The first kappa shape index (κ1) is 21.8. The lowest BCUT2D eigenvalue weighted by atomic mass is 10.2. The molecule has 0 aliphatic rings. The zero-order chi connectivity index (χ0) is 17.4. The summed E-state index contributed by atoms with van der Waals surface area (Å²) in [6.45, 7) is 6.25. The van der Waals surface area contributed by atoms with E-state index >= 15 is 0 Å². The second kappa shape index (κ2) is 11.4. The molecule has 7 heteroatoms. The van der Waals surface area contributed by atoms with Crippen LogP contribution in [0.1, 0.15) is 30.9 Å². The molecule has 0 aliphatic heterocycles. The van der Waals surface area contributed by atoms with E-state index in [1.807, 2.05) is 13.1 Å². The van der Waals surface area contributed by atoms with Gasteiger partial charge in [-0.3, -0.25) is 0 Å². The zero-order valence-corrected chi connectivity index (χ0v) is 18.4. The Bertz CT molecular complexity index is 657. The van der Waals surface area contributed by atoms with Crippen molar-refractivity contribution in [2.45, 2.75) is 38.3 Å². The molecule has 0 spiro atoms. The third kappa shape index (κ3) is 6.89. The summed E-state index contributed by atoms with van der Waals surface area (Å²) in [6.07, 6.45) is 2.96. The largest absolute Gasteiger partial charge is 0.359 e. The number of aliphatic imine (C=N–C) groups is 1. The fourth-order valence-corrected chi connectivity index (χ4v) is 2.71. The molecule has 1 aromatic carbocycles. The Kier molecular flexibility index (Phi) is 9.96. The van der Waals surface area contributed by atoms with E-state index in [1.165, 1.54) is 10.5 Å². The Morgan fingerprint density at radius 1 is 1.28 bits per heavy atom. The van der Waals surface area contributed by atoms with Gasteiger partial charge in [-0.2, -0.15) is 0 Å². The standard InChI is InChI=1S/C18H26N4OS.HI/c1-5-15-11-16(23-21-15)12-20-18(19-6-2)22(3)13-14-7-9-17(24-4)10-8-14;/h7-11H,5-6,12-13H2,1-4H3,(H,19,20);1H. The van der Waals surface area contributed by atoms with Gasteiger partial charge in [0.2, 0.25) is 0 Å². The van der Waals surface area contributed by atoms with Crippen LogP contribution in [0, 0.1) is 0 Å². The molecule has 2 rings (SSSR count). The Morgan fingerprint density at radius 2 is 2.00 bits per heavy atom. The maximum Gasteiger partial charge on any atom is 0.194 e. The van der Waals surface area contributed by atoms with Gasteiger partial charge in [0.1, 0.15) is 6.54 Å². The first-order valence-electron chi connectivity index (χ1n) is 8.23. The molecule has 0 saturated heterocycles. The van der Waals surface area contributed by atoms with Crippen molar-refractivity contribution in [3.05, 3.63) is 47.3 Å². The Balaban J connectivity index is 0.00000312. The first-order chi connectivity index (χ1) is 11.7. The van der Waals surface area contributed by atoms with E-state index in [0.29, 0.717) is 6.54 Å². The van der Waals surface area contributed by atoms with Gasteiger partial charge < -0.3 is 14.7 Å². The van der Waals surface area contributed by atoms with Crippen molar-refractivity contribution in [1.82, 2.24) is 15.4 Å². The molecule has 1 aromatic heterocycles. The molecule has 1 heterocycles. The molecular formula is C18H27IN4OS. The third-order valence-corrected chi connectivity index (χ3v) is 4.37. The van der Waals surface area contributed by atoms with E-state index in [4.69, 9.17) is 4.52 Å². The molecule has 25 heavy (non-hydrogen) atoms. The van der Waals surface area contributed by atoms with E-state index in [1.54, 1.807) is 11.8 Å². The van der Waals surface area contributed by atoms with E-state index < -0.39 is 0 Å². The van der Waals surface area contributed by atoms with Crippen molar-refractivity contribution < 1.29 is 4.52 Å². The number of hydrogen-bond acceptors (Lipinski definition) is 4. The highest BCUT2D eigenvalue weighted by molar-refractivity contribution is 14.0. The number of guanidine groups is 1. The maximum atomic E-state index is 5.30. The lowest BCUT2D eigenvalue weighted by Crippen LogP contribution is -2.38. The Hall–Kier alpha value is -1.22. The van der Waals surface area contributed by atoms with Crippen LogP contribution < -0.4 is 5.32 Å². The predicted octanol–water partition coefficient (Wildman–Crippen LogP) is 4.17. The number of aryl methyl sites for hydroxylation is 1. The molecule has 0 atom stereocenters. The number of rotatable bonds is 7. The molecule has 0 bridgehead atoms. The van der Waals surface area contributed by atoms with Crippen molar-refractivity contribution in [3.63, 3.8) is 0 Å². The van der Waals surface area contributed by atoms with Gasteiger partial charge in [0.15, 0.2) is 11.7 Å². The molecule has 5 nitrogen and oxygen atoms in total. The molecule has 0 fully saturated rings. The van der Waals surface area contributed by atoms with Crippen molar-refractivity contribution in [2.24, 2.45) is 4.99 Å². The highest BCUT2D eigenvalue weighted by Crippen LogP contribution is 2.15. The monoisotopic (exact) mass is 474 g/mol. The average Bonchev–Trinajstić information content (AvgIpc) is 3.07. The van der Waals surface area contributed by atoms with Crippen molar-refractivity contribution in [3.8, 4) is 0 Å². The lowest BCUT2D eigenvalue weighted by Gasteiger charge is -2.22. The topological polar surface area (TPSA) is 53.7 Å². The minimum absolute atomic E-state index is 0. The molecule has 2 aromatic rings. The van der Waals surface area contributed by atoms with Crippen LogP contribution in [-0.4, -0.2) is 35.9 Å². The van der Waals surface area contributed by atoms with Crippen LogP contribution in [0.4, 0.5) is 0 Å². The average molecular weight is 474 g/mol. The number of benzene rings is 1. The quantitative estimate of drug-likeness (QED) is 0.283. The van der Waals surface area contributed by atoms with Gasteiger partial charge in [0.25, 0.3) is 0 Å². The molecule has 1 N–H and O–H groups in total. The van der Waals surface area contributed by atoms with E-state index in [0.717, 1.165) is 36.9 Å². The summed E-state index contributed by atoms with van der Waals surface area (Å²) < 4.78 is 5.30. The summed E-state index contributed by atoms with van der Waals surface area (Å²) >= 11 is 1.75. The van der Waals surface area contributed by atoms with Crippen LogP contribution in [-0.2, 0) is 19.5 Å². The number of thioether (sulfide) groups is 1. The molecule has 138 valence electrons. The maximum absolute atomic E-state index is 5.30. The predicted molar refractivity (Wildman–Crippen MR) is 116 cm³/mol. The summed E-state index contributed by atoms with van der Waals surface area (Å²) in [4.78, 5) is 8.05. The van der Waals surface area contributed by atoms with Crippen LogP contribution in [0.3, 0.4) is 0 Å². The molecule has 0 radical (unpaired) electrons. The SMILES string of the molecule is CCNC(=NCc1cc(CC)no1)N(C)Cc1ccc(SC)cc1.I. The number of halogens is 1. The van der Waals surface area contributed by atoms with Crippen molar-refractivity contribution in [2.75, 3.05) is 19.8 Å². The molecule has 0 amide bonds. The molecule has 0 aliphatic carbocycles. The van der Waals surface area contributed by atoms with E-state index in [-0.39, 0.29) is 24.0 Å². The smallest absolute Gasteiger partial charge is 0.194 e. The van der Waals surface area contributed by atoms with Crippen LogP contribution >= 0.6 is 35.7 Å². The minimum atomic E-state index is 0. The van der Waals surface area contributed by atoms with Gasteiger partial charge in [-0.15, -0.1) is 35.7 Å². The number of nitrogens with one attached hydrogen (secondary N) is 1. The lowest BCUT2D eigenvalue weighted by molar-refractivity contribution is 0.378. The first-order valence-corrected chi connectivity index (χ1v) is 9.45. The summed E-state index contributed by atoms with van der Waals surface area (Å²) in [5.74, 6) is 1.65. The van der Waals surface area contributed by atoms with Crippen molar-refractivity contribution >= 4 is 41.7 Å². The second-order valence-electron chi connectivity index (χ2n) is 5.51. The molecular weight excluding hydrogens is 447 g/mol. The van der Waals surface area contributed by atoms with Gasteiger partial charge >= 0.3 is 0 Å². The Morgan fingerprint density at radius 3 is 2.56 bits per heavy atom. The Labute approximate surface area is 171 Å². The van der Waals surface area contributed by atoms with E-state index in [9.17, 15) is 0 Å². The molecule has 0 saturated carbocycles. The normalized spacial score (nSPS) is 11.1. The summed E-state index contributed by atoms with van der Waals surface area (Å²) in [6, 6.07) is 10.6. The fraction of sp³-hybridized carbons (Fsp3) is 0.444. The van der Waals surface area contributed by atoms with Gasteiger partial charge in [-0.05, 0) is 37.3 Å². The summed E-state index contributed by atoms with van der Waals surface area (Å²) in [5, 5.41) is 7.33. The fourth-order valence-electron chi connectivity index (χ4n) is 2.30.